The smallest absolute Gasteiger partial charge is 1.00 e. The fourth-order valence-corrected chi connectivity index (χ4v) is 1.68. The van der Waals surface area contributed by atoms with Crippen LogP contribution in [0.25, 0.3) is 16.6 Å². The second-order valence-corrected chi connectivity index (χ2v) is 3.36. The molecule has 0 aliphatic rings. The molecule has 0 spiro atoms. The number of rotatable bonds is 1. The molecule has 1 heterocycles. The summed E-state index contributed by atoms with van der Waals surface area (Å²) in [6, 6.07) is 19.1. The minimum Gasteiger partial charge on any atom is -1.00 e. The topological polar surface area (TPSA) is 17.8 Å². The van der Waals surface area contributed by atoms with Gasteiger partial charge in [0.25, 0.3) is 0 Å². The van der Waals surface area contributed by atoms with Crippen LogP contribution in [0.3, 0.4) is 0 Å². The summed E-state index contributed by atoms with van der Waals surface area (Å²) in [5.74, 6) is 0. The molecule has 2 aromatic carbocycles. The van der Waals surface area contributed by atoms with Gasteiger partial charge < -0.3 is 17.0 Å². The van der Waals surface area contributed by atoms with E-state index in [1.54, 1.807) is 0 Å². The van der Waals surface area contributed by atoms with Gasteiger partial charge in [-0.25, -0.2) is 0 Å². The van der Waals surface area contributed by atoms with E-state index in [0.717, 1.165) is 16.6 Å². The number of nitrogens with zero attached hydrogens (tertiary/aromatic N) is 2. The summed E-state index contributed by atoms with van der Waals surface area (Å²) in [6.45, 7) is 0. The van der Waals surface area contributed by atoms with Crippen LogP contribution in [0.4, 0.5) is 0 Å². The fourth-order valence-electron chi connectivity index (χ4n) is 1.68. The van der Waals surface area contributed by atoms with E-state index in [9.17, 15) is 0 Å². The van der Waals surface area contributed by atoms with Crippen LogP contribution in [0, 0.1) is 6.07 Å². The van der Waals surface area contributed by atoms with Gasteiger partial charge in [0.1, 0.15) is 0 Å². The molecule has 3 aromatic rings. The van der Waals surface area contributed by atoms with Crippen molar-refractivity contribution in [3.63, 3.8) is 0 Å². The van der Waals surface area contributed by atoms with Crippen molar-refractivity contribution in [3.8, 4) is 5.69 Å². The van der Waals surface area contributed by atoms with Gasteiger partial charge in [-0.2, -0.15) is 29.4 Å². The molecule has 17 heavy (non-hydrogen) atoms. The maximum absolute atomic E-state index is 4.35. The Balaban J connectivity index is 0.000000722. The minimum atomic E-state index is 0. The van der Waals surface area contributed by atoms with Crippen molar-refractivity contribution in [2.75, 3.05) is 0 Å². The van der Waals surface area contributed by atoms with Crippen molar-refractivity contribution in [3.05, 3.63) is 60.8 Å². The molecule has 0 aliphatic heterocycles. The molecule has 0 N–H and O–H groups in total. The van der Waals surface area contributed by atoms with E-state index in [2.05, 4.69) is 23.3 Å². The third kappa shape index (κ3) is 2.70. The van der Waals surface area contributed by atoms with Gasteiger partial charge in [-0.15, -0.1) is 6.07 Å². The Hall–Kier alpha value is -0.844. The Bertz CT molecular complexity index is 592. The van der Waals surface area contributed by atoms with Crippen molar-refractivity contribution >= 4 is 34.0 Å². The van der Waals surface area contributed by atoms with Gasteiger partial charge in [-0.3, -0.25) is 4.68 Å². The van der Waals surface area contributed by atoms with Gasteiger partial charge in [0, 0.05) is 5.39 Å². The average Bonchev–Trinajstić information content (AvgIpc) is 2.74. The normalized spacial score (nSPS) is 9.41. The Morgan fingerprint density at radius 3 is 2.53 bits per heavy atom. The van der Waals surface area contributed by atoms with Gasteiger partial charge in [0.05, 0.1) is 11.7 Å². The molecule has 0 fully saturated rings. The Morgan fingerprint density at radius 1 is 1.00 bits per heavy atom. The molecule has 0 unspecified atom stereocenters. The van der Waals surface area contributed by atoms with Gasteiger partial charge >= 0.3 is 23.1 Å². The summed E-state index contributed by atoms with van der Waals surface area (Å²) < 4.78 is 1.90. The van der Waals surface area contributed by atoms with Crippen molar-refractivity contribution in [1.29, 1.82) is 0 Å². The summed E-state index contributed by atoms with van der Waals surface area (Å²) in [5, 5.41) is 5.50. The van der Waals surface area contributed by atoms with Crippen LogP contribution in [0.1, 0.15) is 0 Å². The van der Waals surface area contributed by atoms with Crippen molar-refractivity contribution in [2.24, 2.45) is 0 Å². The average molecular weight is 297 g/mol. The molecule has 3 rings (SSSR count). The molecule has 0 radical (unpaired) electrons. The zero-order chi connectivity index (χ0) is 10.1. The Labute approximate surface area is 127 Å². The molecular weight excluding hydrogens is 288 g/mol. The SMILES string of the molecule is [Br-].[Mg+2].[c-]1ccccc1-n1ncc2ccccc21. The van der Waals surface area contributed by atoms with Crippen LogP contribution < -0.4 is 17.0 Å². The molecule has 1 aromatic heterocycles. The van der Waals surface area contributed by atoms with Crippen molar-refractivity contribution in [1.82, 2.24) is 9.78 Å². The predicted octanol–water partition coefficient (Wildman–Crippen LogP) is -0.551. The zero-order valence-corrected chi connectivity index (χ0v) is 12.2. The monoisotopic (exact) mass is 296 g/mol. The standard InChI is InChI=1S/C13H9N2.BrH.Mg/c1-2-7-12(8-3-1)15-13-9-5-4-6-11(13)10-14-15;;/h1-7,9-10H;1H;/q-1;;+2/p-1. The Morgan fingerprint density at radius 2 is 1.76 bits per heavy atom. The fraction of sp³-hybridized carbons (Fsp3) is 0. The molecule has 4 heteroatoms. The molecule has 0 bridgehead atoms. The number of para-hydroxylation sites is 2. The molecule has 0 atom stereocenters. The summed E-state index contributed by atoms with van der Waals surface area (Å²) in [6.07, 6.45) is 1.87. The van der Waals surface area contributed by atoms with E-state index in [-0.39, 0.29) is 40.0 Å². The van der Waals surface area contributed by atoms with E-state index in [1.807, 2.05) is 47.3 Å². The maximum Gasteiger partial charge on any atom is 2.00 e. The second kappa shape index (κ2) is 6.19. The van der Waals surface area contributed by atoms with Gasteiger partial charge in [-0.05, 0) is 11.8 Å². The quantitative estimate of drug-likeness (QED) is 0.435. The summed E-state index contributed by atoms with van der Waals surface area (Å²) in [7, 11) is 0. The largest absolute Gasteiger partial charge is 2.00 e. The zero-order valence-electron chi connectivity index (χ0n) is 9.18. The summed E-state index contributed by atoms with van der Waals surface area (Å²) in [4.78, 5) is 0. The molecule has 80 valence electrons. The van der Waals surface area contributed by atoms with Crippen molar-refractivity contribution in [2.45, 2.75) is 0 Å². The molecule has 0 saturated heterocycles. The summed E-state index contributed by atoms with van der Waals surface area (Å²) in [5.41, 5.74) is 2.08. The van der Waals surface area contributed by atoms with Gasteiger partial charge in [-0.1, -0.05) is 18.2 Å². The number of hydrogen-bond acceptors (Lipinski definition) is 1. The van der Waals surface area contributed by atoms with Crippen LogP contribution in [-0.2, 0) is 0 Å². The third-order valence-corrected chi connectivity index (χ3v) is 2.40. The van der Waals surface area contributed by atoms with E-state index >= 15 is 0 Å². The number of hydrogen-bond donors (Lipinski definition) is 0. The number of halogens is 1. The first-order valence-corrected chi connectivity index (χ1v) is 4.85. The van der Waals surface area contributed by atoms with Crippen LogP contribution in [0.5, 0.6) is 0 Å². The van der Waals surface area contributed by atoms with Gasteiger partial charge in [0.15, 0.2) is 0 Å². The maximum atomic E-state index is 4.35. The minimum absolute atomic E-state index is 0. The Kier molecular flexibility index (Phi) is 5.17. The first-order chi connectivity index (χ1) is 7.45. The van der Waals surface area contributed by atoms with Crippen LogP contribution >= 0.6 is 0 Å². The van der Waals surface area contributed by atoms with E-state index in [1.165, 1.54) is 0 Å². The first kappa shape index (κ1) is 14.2. The molecular formula is C13H9BrMgN2. The van der Waals surface area contributed by atoms with Crippen LogP contribution in [0.2, 0.25) is 0 Å². The van der Waals surface area contributed by atoms with E-state index in [0.29, 0.717) is 0 Å². The molecule has 0 aliphatic carbocycles. The van der Waals surface area contributed by atoms with Crippen LogP contribution in [-0.4, -0.2) is 32.8 Å². The number of fused-ring (bicyclic) bond motifs is 1. The number of aromatic nitrogens is 2. The molecule has 0 saturated carbocycles. The number of benzene rings is 2. The van der Waals surface area contributed by atoms with Crippen LogP contribution in [0.15, 0.2) is 54.7 Å². The molecule has 0 amide bonds. The van der Waals surface area contributed by atoms with E-state index < -0.39 is 0 Å². The molecule has 2 nitrogen and oxygen atoms in total. The first-order valence-electron chi connectivity index (χ1n) is 4.85. The predicted molar refractivity (Wildman–Crippen MR) is 65.7 cm³/mol. The summed E-state index contributed by atoms with van der Waals surface area (Å²) >= 11 is 0. The van der Waals surface area contributed by atoms with Crippen molar-refractivity contribution < 1.29 is 17.0 Å². The van der Waals surface area contributed by atoms with E-state index in [4.69, 9.17) is 0 Å². The van der Waals surface area contributed by atoms with Gasteiger partial charge in [0.2, 0.25) is 0 Å². The third-order valence-electron chi connectivity index (χ3n) is 2.40. The second-order valence-electron chi connectivity index (χ2n) is 3.36.